The third-order valence-electron chi connectivity index (χ3n) is 4.78. The van der Waals surface area contributed by atoms with Crippen molar-refractivity contribution in [2.24, 2.45) is 5.92 Å². The van der Waals surface area contributed by atoms with Gasteiger partial charge in [-0.05, 0) is 35.7 Å². The summed E-state index contributed by atoms with van der Waals surface area (Å²) < 4.78 is 42.9. The molecule has 1 aromatic heterocycles. The smallest absolute Gasteiger partial charge is 0.490 e. The number of halogens is 3. The third-order valence-corrected chi connectivity index (χ3v) is 4.78. The molecule has 3 aromatic rings. The first-order chi connectivity index (χ1) is 15.7. The summed E-state index contributed by atoms with van der Waals surface area (Å²) in [6.07, 6.45) is -0.870. The molecule has 174 valence electrons. The van der Waals surface area contributed by atoms with Crippen LogP contribution in [0.4, 0.5) is 18.9 Å². The number of nitrogens with zero attached hydrogens (tertiary/aromatic N) is 1. The first-order valence-corrected chi connectivity index (χ1v) is 9.68. The maximum Gasteiger partial charge on any atom is 0.490 e. The fraction of sp³-hybridized carbons (Fsp3) is 0.227. The summed E-state index contributed by atoms with van der Waals surface area (Å²) in [5, 5.41) is 16.8. The van der Waals surface area contributed by atoms with Crippen LogP contribution in [0.1, 0.15) is 5.56 Å². The average Bonchev–Trinajstić information content (AvgIpc) is 3.34. The highest BCUT2D eigenvalue weighted by Crippen LogP contribution is 2.32. The maximum absolute atomic E-state index is 12.7. The molecule has 1 amide bonds. The molecule has 0 radical (unpaired) electrons. The van der Waals surface area contributed by atoms with Crippen LogP contribution < -0.4 is 14.8 Å². The Balaban J connectivity index is 0.000000383. The van der Waals surface area contributed by atoms with Crippen LogP contribution in [-0.4, -0.2) is 47.1 Å². The number of carbonyl (C=O) groups is 2. The van der Waals surface area contributed by atoms with Crippen molar-refractivity contribution in [3.63, 3.8) is 0 Å². The number of carboxylic acid groups (broad SMARTS) is 1. The summed E-state index contributed by atoms with van der Waals surface area (Å²) in [4.78, 5) is 21.6. The van der Waals surface area contributed by atoms with Crippen LogP contribution in [0.5, 0.6) is 11.5 Å². The van der Waals surface area contributed by atoms with Gasteiger partial charge in [-0.1, -0.05) is 24.3 Å². The minimum absolute atomic E-state index is 0.0751. The number of alkyl halides is 3. The van der Waals surface area contributed by atoms with Gasteiger partial charge in [0, 0.05) is 11.8 Å². The van der Waals surface area contributed by atoms with Gasteiger partial charge in [0.05, 0.1) is 24.9 Å². The number of carbonyl (C=O) groups excluding carboxylic acids is 1. The molecule has 1 aliphatic heterocycles. The van der Waals surface area contributed by atoms with Gasteiger partial charge in [-0.15, -0.1) is 0 Å². The maximum atomic E-state index is 12.7. The fourth-order valence-corrected chi connectivity index (χ4v) is 3.11. The van der Waals surface area contributed by atoms with E-state index in [1.165, 1.54) is 0 Å². The SMILES string of the molecule is COc1cc(-c2cn[nH]c2)ccc1NC(=O)C1COc2ccccc2C1.O=C(O)C(F)(F)F. The minimum atomic E-state index is -5.08. The van der Waals surface area contributed by atoms with E-state index in [2.05, 4.69) is 15.5 Å². The molecule has 33 heavy (non-hydrogen) atoms. The van der Waals surface area contributed by atoms with E-state index in [1.807, 2.05) is 48.7 Å². The summed E-state index contributed by atoms with van der Waals surface area (Å²) >= 11 is 0. The number of nitrogens with one attached hydrogen (secondary N) is 2. The van der Waals surface area contributed by atoms with E-state index < -0.39 is 12.1 Å². The number of para-hydroxylation sites is 1. The molecule has 0 saturated heterocycles. The Morgan fingerprint density at radius 3 is 2.58 bits per heavy atom. The van der Waals surface area contributed by atoms with Gasteiger partial charge in [0.1, 0.15) is 18.1 Å². The van der Waals surface area contributed by atoms with Gasteiger partial charge >= 0.3 is 12.1 Å². The topological polar surface area (TPSA) is 114 Å². The molecule has 2 heterocycles. The number of carboxylic acids is 1. The molecule has 0 bridgehead atoms. The Kier molecular flexibility index (Phi) is 7.21. The number of fused-ring (bicyclic) bond motifs is 1. The Morgan fingerprint density at radius 1 is 1.21 bits per heavy atom. The standard InChI is InChI=1S/C20H19N3O3.C2HF3O2/c1-25-19-9-13(16-10-21-22-11-16)6-7-17(19)23-20(24)15-8-14-4-2-3-5-18(14)26-12-15;3-2(4,5)1(6)7/h2-7,9-11,15H,8,12H2,1H3,(H,21,22)(H,23,24);(H,6,7). The van der Waals surface area contributed by atoms with Crippen LogP contribution in [0.25, 0.3) is 11.1 Å². The Hall–Kier alpha value is -4.02. The number of H-pyrrole nitrogens is 1. The second kappa shape index (κ2) is 10.1. The monoisotopic (exact) mass is 463 g/mol. The summed E-state index contributed by atoms with van der Waals surface area (Å²) in [5.74, 6) is -1.60. The van der Waals surface area contributed by atoms with E-state index >= 15 is 0 Å². The number of benzene rings is 2. The zero-order valence-corrected chi connectivity index (χ0v) is 17.3. The van der Waals surface area contributed by atoms with Crippen LogP contribution in [0.15, 0.2) is 54.9 Å². The summed E-state index contributed by atoms with van der Waals surface area (Å²) in [7, 11) is 1.59. The molecule has 3 N–H and O–H groups in total. The highest BCUT2D eigenvalue weighted by molar-refractivity contribution is 5.95. The minimum Gasteiger partial charge on any atom is -0.495 e. The Bertz CT molecular complexity index is 1120. The Morgan fingerprint density at radius 2 is 1.94 bits per heavy atom. The van der Waals surface area contributed by atoms with Gasteiger partial charge in [-0.25, -0.2) is 4.79 Å². The van der Waals surface area contributed by atoms with Crippen molar-refractivity contribution in [1.82, 2.24) is 10.2 Å². The van der Waals surface area contributed by atoms with Crippen molar-refractivity contribution in [2.45, 2.75) is 12.6 Å². The zero-order valence-electron chi connectivity index (χ0n) is 17.3. The highest BCUT2D eigenvalue weighted by atomic mass is 19.4. The molecule has 0 fully saturated rings. The first-order valence-electron chi connectivity index (χ1n) is 9.68. The average molecular weight is 463 g/mol. The number of hydrogen-bond donors (Lipinski definition) is 3. The van der Waals surface area contributed by atoms with Gasteiger partial charge in [0.2, 0.25) is 5.91 Å². The van der Waals surface area contributed by atoms with Crippen LogP contribution in [-0.2, 0) is 16.0 Å². The lowest BCUT2D eigenvalue weighted by molar-refractivity contribution is -0.192. The molecule has 0 spiro atoms. The van der Waals surface area contributed by atoms with Gasteiger partial charge in [0.25, 0.3) is 0 Å². The molecule has 4 rings (SSSR count). The van der Waals surface area contributed by atoms with E-state index in [0.29, 0.717) is 24.5 Å². The second-order valence-corrected chi connectivity index (χ2v) is 7.01. The lowest BCUT2D eigenvalue weighted by atomic mass is 9.96. The molecular formula is C22H20F3N3O5. The molecule has 11 heteroatoms. The fourth-order valence-electron chi connectivity index (χ4n) is 3.11. The van der Waals surface area contributed by atoms with E-state index in [-0.39, 0.29) is 11.8 Å². The Labute approximate surface area is 186 Å². The zero-order chi connectivity index (χ0) is 24.0. The number of amides is 1. The lowest BCUT2D eigenvalue weighted by Gasteiger charge is -2.24. The third kappa shape index (κ3) is 6.03. The summed E-state index contributed by atoms with van der Waals surface area (Å²) in [6, 6.07) is 13.5. The normalized spacial score (nSPS) is 14.7. The molecule has 8 nitrogen and oxygen atoms in total. The van der Waals surface area contributed by atoms with Crippen LogP contribution in [0.2, 0.25) is 0 Å². The van der Waals surface area contributed by atoms with Crippen molar-refractivity contribution >= 4 is 17.6 Å². The summed E-state index contributed by atoms with van der Waals surface area (Å²) in [6.45, 7) is 0.373. The van der Waals surface area contributed by atoms with E-state index in [4.69, 9.17) is 19.4 Å². The van der Waals surface area contributed by atoms with Gasteiger partial charge in [-0.2, -0.15) is 18.3 Å². The van der Waals surface area contributed by atoms with Gasteiger partial charge < -0.3 is 19.9 Å². The number of ether oxygens (including phenoxy) is 2. The van der Waals surface area contributed by atoms with Crippen LogP contribution >= 0.6 is 0 Å². The van der Waals surface area contributed by atoms with Crippen molar-refractivity contribution in [3.8, 4) is 22.6 Å². The highest BCUT2D eigenvalue weighted by Gasteiger charge is 2.38. The lowest BCUT2D eigenvalue weighted by Crippen LogP contribution is -2.32. The van der Waals surface area contributed by atoms with Crippen molar-refractivity contribution in [1.29, 1.82) is 0 Å². The van der Waals surface area contributed by atoms with Crippen LogP contribution in [0, 0.1) is 5.92 Å². The van der Waals surface area contributed by atoms with Crippen LogP contribution in [0.3, 0.4) is 0 Å². The molecule has 2 aromatic carbocycles. The van der Waals surface area contributed by atoms with E-state index in [0.717, 1.165) is 22.4 Å². The number of methoxy groups -OCH3 is 1. The largest absolute Gasteiger partial charge is 0.495 e. The molecule has 1 aliphatic rings. The number of rotatable bonds is 4. The summed E-state index contributed by atoms with van der Waals surface area (Å²) in [5.41, 5.74) is 3.62. The van der Waals surface area contributed by atoms with Crippen molar-refractivity contribution < 1.29 is 37.3 Å². The number of hydrogen-bond acceptors (Lipinski definition) is 5. The molecule has 1 unspecified atom stereocenters. The number of aromatic nitrogens is 2. The van der Waals surface area contributed by atoms with Crippen molar-refractivity contribution in [3.05, 3.63) is 60.4 Å². The first kappa shape index (κ1) is 23.6. The number of anilines is 1. The molecule has 1 atom stereocenters. The molecular weight excluding hydrogens is 443 g/mol. The van der Waals surface area contributed by atoms with Crippen molar-refractivity contribution in [2.75, 3.05) is 19.0 Å². The predicted molar refractivity (Wildman–Crippen MR) is 112 cm³/mol. The van der Waals surface area contributed by atoms with Gasteiger partial charge in [-0.3, -0.25) is 9.89 Å². The molecule has 0 saturated carbocycles. The second-order valence-electron chi connectivity index (χ2n) is 7.01. The van der Waals surface area contributed by atoms with E-state index in [9.17, 15) is 18.0 Å². The quantitative estimate of drug-likeness (QED) is 0.541. The van der Waals surface area contributed by atoms with Gasteiger partial charge in [0.15, 0.2) is 0 Å². The van der Waals surface area contributed by atoms with E-state index in [1.54, 1.807) is 13.3 Å². The number of aromatic amines is 1. The molecule has 0 aliphatic carbocycles. The predicted octanol–water partition coefficient (Wildman–Crippen LogP) is 3.91. The number of aliphatic carboxylic acids is 1.